The van der Waals surface area contributed by atoms with Crippen LogP contribution in [0.4, 0.5) is 0 Å². The molecule has 0 fully saturated rings. The quantitative estimate of drug-likeness (QED) is 0.791. The summed E-state index contributed by atoms with van der Waals surface area (Å²) < 4.78 is 3.52. The van der Waals surface area contributed by atoms with Gasteiger partial charge in [-0.2, -0.15) is 0 Å². The van der Waals surface area contributed by atoms with E-state index in [0.717, 1.165) is 3.57 Å². The van der Waals surface area contributed by atoms with Gasteiger partial charge in [-0.3, -0.25) is 14.9 Å². The predicted octanol–water partition coefficient (Wildman–Crippen LogP) is 1.22. The largest absolute Gasteiger partial charge is 0.477 e. The Bertz CT molecular complexity index is 659. The van der Waals surface area contributed by atoms with E-state index in [0.29, 0.717) is 5.56 Å². The Labute approximate surface area is 122 Å². The molecule has 2 rings (SSSR count). The molecule has 0 aliphatic carbocycles. The van der Waals surface area contributed by atoms with Crippen molar-refractivity contribution in [1.82, 2.24) is 14.2 Å². The number of nitrogens with zero attached hydrogens (tertiary/aromatic N) is 3. The topological polar surface area (TPSA) is 89.2 Å². The van der Waals surface area contributed by atoms with Gasteiger partial charge in [0.1, 0.15) is 0 Å². The molecular weight excluding hydrogens is 363 g/mol. The van der Waals surface area contributed by atoms with Crippen molar-refractivity contribution >= 4 is 34.5 Å². The Morgan fingerprint density at radius 1 is 1.47 bits per heavy atom. The predicted molar refractivity (Wildman–Crippen MR) is 75.7 cm³/mol. The first-order chi connectivity index (χ1) is 8.91. The van der Waals surface area contributed by atoms with Gasteiger partial charge in [-0.15, -0.1) is 0 Å². The van der Waals surface area contributed by atoms with E-state index in [-0.39, 0.29) is 11.5 Å². The number of halogens is 1. The third-order valence-corrected chi connectivity index (χ3v) is 3.73. The molecule has 8 heteroatoms. The number of aromatic carboxylic acids is 1. The summed E-state index contributed by atoms with van der Waals surface area (Å²) in [5, 5.41) is 9.16. The number of rotatable bonds is 3. The summed E-state index contributed by atoms with van der Waals surface area (Å²) in [6.45, 7) is 1.69. The van der Waals surface area contributed by atoms with Gasteiger partial charge in [0.05, 0.1) is 0 Å². The van der Waals surface area contributed by atoms with Gasteiger partial charge in [-0.1, -0.05) is 0 Å². The number of amides is 1. The first-order valence-electron chi connectivity index (χ1n) is 5.31. The van der Waals surface area contributed by atoms with Gasteiger partial charge in [-0.25, -0.2) is 9.78 Å². The highest BCUT2D eigenvalue weighted by Gasteiger charge is 2.20. The van der Waals surface area contributed by atoms with Gasteiger partial charge in [0.15, 0.2) is 11.5 Å². The smallest absolute Gasteiger partial charge is 0.354 e. The van der Waals surface area contributed by atoms with Gasteiger partial charge in [0, 0.05) is 29.2 Å². The van der Waals surface area contributed by atoms with Crippen molar-refractivity contribution in [2.45, 2.75) is 6.92 Å². The fraction of sp³-hybridized carbons (Fsp3) is 0.182. The highest BCUT2D eigenvalue weighted by molar-refractivity contribution is 14.1. The number of carbonyl (C=O) groups is 2. The van der Waals surface area contributed by atoms with Crippen LogP contribution >= 0.6 is 22.6 Å². The summed E-state index contributed by atoms with van der Waals surface area (Å²) in [6, 6.07) is 0. The van der Waals surface area contributed by atoms with Crippen molar-refractivity contribution < 1.29 is 14.7 Å². The van der Waals surface area contributed by atoms with Gasteiger partial charge in [-0.05, 0) is 35.1 Å². The number of hydrogen-bond donors (Lipinski definition) is 2. The third-order valence-electron chi connectivity index (χ3n) is 2.65. The van der Waals surface area contributed by atoms with E-state index in [1.165, 1.54) is 10.9 Å². The molecule has 0 radical (unpaired) electrons. The van der Waals surface area contributed by atoms with Crippen LogP contribution in [0.2, 0.25) is 0 Å². The van der Waals surface area contributed by atoms with E-state index >= 15 is 0 Å². The fourth-order valence-corrected chi connectivity index (χ4v) is 2.20. The van der Waals surface area contributed by atoms with E-state index in [1.807, 2.05) is 22.6 Å². The maximum Gasteiger partial charge on any atom is 0.354 e. The van der Waals surface area contributed by atoms with Gasteiger partial charge in [0.25, 0.3) is 0 Å². The van der Waals surface area contributed by atoms with Crippen LogP contribution in [0, 0.1) is 10.5 Å². The highest BCUT2D eigenvalue weighted by atomic mass is 127. The molecule has 0 spiro atoms. The number of imidazole rings is 1. The lowest BCUT2D eigenvalue weighted by molar-refractivity contribution is 0.0686. The molecule has 0 unspecified atom stereocenters. The summed E-state index contributed by atoms with van der Waals surface area (Å²) in [5.41, 5.74) is 3.14. The lowest BCUT2D eigenvalue weighted by Crippen LogP contribution is -2.27. The normalized spacial score (nSPS) is 10.5. The molecule has 0 saturated carbocycles. The zero-order valence-electron chi connectivity index (χ0n) is 10.2. The Kier molecular flexibility index (Phi) is 3.60. The lowest BCUT2D eigenvalue weighted by Gasteiger charge is -2.08. The van der Waals surface area contributed by atoms with Gasteiger partial charge >= 0.3 is 11.9 Å². The second-order valence-electron chi connectivity index (χ2n) is 3.93. The molecule has 0 atom stereocenters. The van der Waals surface area contributed by atoms with E-state index < -0.39 is 11.9 Å². The minimum Gasteiger partial charge on any atom is -0.477 e. The van der Waals surface area contributed by atoms with Crippen LogP contribution in [-0.4, -0.2) is 31.2 Å². The SMILES string of the molecule is Cc1c(I)cn(NC(=O)c2nccn2C)c1C(=O)O. The maximum atomic E-state index is 12.0. The number of hydrogen-bond acceptors (Lipinski definition) is 3. The Hall–Kier alpha value is -1.84. The molecule has 0 aliphatic rings. The van der Waals surface area contributed by atoms with Crippen molar-refractivity contribution in [3.8, 4) is 0 Å². The lowest BCUT2D eigenvalue weighted by atomic mass is 10.3. The molecule has 2 aromatic rings. The average molecular weight is 374 g/mol. The Balaban J connectivity index is 2.35. The van der Waals surface area contributed by atoms with Crippen LogP contribution in [0.3, 0.4) is 0 Å². The van der Waals surface area contributed by atoms with E-state index in [2.05, 4.69) is 10.4 Å². The van der Waals surface area contributed by atoms with Crippen molar-refractivity contribution in [2.24, 2.45) is 7.05 Å². The minimum absolute atomic E-state index is 0.0342. The average Bonchev–Trinajstić information content (AvgIpc) is 2.84. The molecule has 0 aromatic carbocycles. The molecule has 0 aliphatic heterocycles. The Morgan fingerprint density at radius 3 is 2.68 bits per heavy atom. The zero-order valence-corrected chi connectivity index (χ0v) is 12.4. The second-order valence-corrected chi connectivity index (χ2v) is 5.09. The van der Waals surface area contributed by atoms with Crippen LogP contribution in [0.25, 0.3) is 0 Å². The van der Waals surface area contributed by atoms with Crippen LogP contribution in [0.5, 0.6) is 0 Å². The standard InChI is InChI=1S/C11H11IN4O3/c1-6-7(12)5-16(8(6)11(18)19)14-10(17)9-13-3-4-15(9)2/h3-5H,1-2H3,(H,14,17)(H,18,19). The van der Waals surface area contributed by atoms with Crippen LogP contribution in [0.1, 0.15) is 26.7 Å². The molecule has 1 amide bonds. The number of carboxylic acids is 1. The summed E-state index contributed by atoms with van der Waals surface area (Å²) in [4.78, 5) is 27.1. The summed E-state index contributed by atoms with van der Waals surface area (Å²) in [6.07, 6.45) is 4.69. The molecule has 2 heterocycles. The second kappa shape index (κ2) is 5.03. The van der Waals surface area contributed by atoms with Gasteiger partial charge in [0.2, 0.25) is 0 Å². The third kappa shape index (κ3) is 2.48. The number of aryl methyl sites for hydroxylation is 1. The molecule has 2 aromatic heterocycles. The zero-order chi connectivity index (χ0) is 14.2. The molecule has 7 nitrogen and oxygen atoms in total. The maximum absolute atomic E-state index is 12.0. The summed E-state index contributed by atoms with van der Waals surface area (Å²) >= 11 is 2.01. The molecule has 100 valence electrons. The Morgan fingerprint density at radius 2 is 2.16 bits per heavy atom. The number of aromatic nitrogens is 3. The van der Waals surface area contributed by atoms with Crippen LogP contribution in [-0.2, 0) is 7.05 Å². The molecular formula is C11H11IN4O3. The summed E-state index contributed by atoms with van der Waals surface area (Å²) in [7, 11) is 1.69. The van der Waals surface area contributed by atoms with Crippen molar-refractivity contribution in [1.29, 1.82) is 0 Å². The highest BCUT2D eigenvalue weighted by Crippen LogP contribution is 2.17. The minimum atomic E-state index is -1.10. The molecule has 0 bridgehead atoms. The molecule has 0 saturated heterocycles. The van der Waals surface area contributed by atoms with E-state index in [9.17, 15) is 9.59 Å². The number of carbonyl (C=O) groups excluding carboxylic acids is 1. The van der Waals surface area contributed by atoms with Crippen molar-refractivity contribution in [3.05, 3.63) is 39.2 Å². The first kappa shape index (κ1) is 13.6. The van der Waals surface area contributed by atoms with Crippen LogP contribution in [0.15, 0.2) is 18.6 Å². The monoisotopic (exact) mass is 374 g/mol. The number of nitrogens with one attached hydrogen (secondary N) is 1. The van der Waals surface area contributed by atoms with Crippen molar-refractivity contribution in [3.63, 3.8) is 0 Å². The molecule has 19 heavy (non-hydrogen) atoms. The van der Waals surface area contributed by atoms with Crippen molar-refractivity contribution in [2.75, 3.05) is 5.43 Å². The van der Waals surface area contributed by atoms with E-state index in [1.54, 1.807) is 30.9 Å². The first-order valence-corrected chi connectivity index (χ1v) is 6.39. The number of carboxylic acid groups (broad SMARTS) is 1. The fourth-order valence-electron chi connectivity index (χ4n) is 1.66. The summed E-state index contributed by atoms with van der Waals surface area (Å²) in [5.74, 6) is -1.36. The molecule has 2 N–H and O–H groups in total. The van der Waals surface area contributed by atoms with Gasteiger partial charge < -0.3 is 9.67 Å². The van der Waals surface area contributed by atoms with E-state index in [4.69, 9.17) is 5.11 Å². The van der Waals surface area contributed by atoms with Crippen LogP contribution < -0.4 is 5.43 Å².